The van der Waals surface area contributed by atoms with Crippen LogP contribution in [0.2, 0.25) is 0 Å². The van der Waals surface area contributed by atoms with Gasteiger partial charge < -0.3 is 15.1 Å². The Morgan fingerprint density at radius 1 is 1.09 bits per heavy atom. The Morgan fingerprint density at radius 2 is 1.91 bits per heavy atom. The third kappa shape index (κ3) is 4.36. The number of rotatable bonds is 6. The van der Waals surface area contributed by atoms with Crippen LogP contribution in [-0.2, 0) is 0 Å². The number of anilines is 3. The first-order chi connectivity index (χ1) is 17.1. The molecule has 1 amide bonds. The summed E-state index contributed by atoms with van der Waals surface area (Å²) in [5.41, 5.74) is 4.66. The van der Waals surface area contributed by atoms with Gasteiger partial charge in [-0.05, 0) is 55.9 Å². The largest absolute Gasteiger partial charge is 0.368 e. The maximum atomic E-state index is 12.9. The zero-order valence-electron chi connectivity index (χ0n) is 20.4. The molecule has 9 nitrogen and oxygen atoms in total. The molecule has 0 spiro atoms. The molecular weight excluding hydrogens is 440 g/mol. The lowest BCUT2D eigenvalue weighted by Crippen LogP contribution is -2.47. The molecule has 0 unspecified atom stereocenters. The average molecular weight is 473 g/mol. The Kier molecular flexibility index (Phi) is 5.64. The Hall–Kier alpha value is -3.46. The standard InChI is InChI=1S/C26H32N8O/c1-31(2)25(35)22-15-21-17-28-26(30-34(21)24(22)18-5-3-4-6-18)29-23-10-9-20(16-27-23)33-13-11-32(12-14-33)19-7-8-19/h5,9-10,15-17,19H,3-4,6-8,11-14H2,1-2H3,(H,27,29,30). The molecule has 6 rings (SSSR count). The van der Waals surface area contributed by atoms with Gasteiger partial charge in [-0.2, -0.15) is 0 Å². The molecule has 3 aromatic rings. The van der Waals surface area contributed by atoms with Gasteiger partial charge in [0, 0.05) is 46.3 Å². The first-order valence-electron chi connectivity index (χ1n) is 12.6. The summed E-state index contributed by atoms with van der Waals surface area (Å²) in [6.45, 7) is 4.36. The van der Waals surface area contributed by atoms with Crippen molar-refractivity contribution in [2.45, 2.75) is 38.1 Å². The van der Waals surface area contributed by atoms with Crippen molar-refractivity contribution in [1.82, 2.24) is 29.4 Å². The molecule has 0 aromatic carbocycles. The lowest BCUT2D eigenvalue weighted by molar-refractivity contribution is 0.0827. The molecule has 4 heterocycles. The number of nitrogens with zero attached hydrogens (tertiary/aromatic N) is 7. The molecule has 3 aliphatic rings. The van der Waals surface area contributed by atoms with Gasteiger partial charge in [0.2, 0.25) is 5.95 Å². The maximum Gasteiger partial charge on any atom is 0.255 e. The summed E-state index contributed by atoms with van der Waals surface area (Å²) in [7, 11) is 3.55. The van der Waals surface area contributed by atoms with Crippen molar-refractivity contribution >= 4 is 34.5 Å². The number of fused-ring (bicyclic) bond motifs is 1. The third-order valence-electron chi connectivity index (χ3n) is 7.23. The van der Waals surface area contributed by atoms with Crippen molar-refractivity contribution in [3.05, 3.63) is 47.9 Å². The van der Waals surface area contributed by atoms with Crippen LogP contribution >= 0.6 is 0 Å². The molecular formula is C26H32N8O. The SMILES string of the molecule is CN(C)C(=O)c1cc2cnc(Nc3ccc(N4CCN(C5CC5)CC4)cn3)nn2c1C1=CCCC1. The van der Waals surface area contributed by atoms with E-state index in [9.17, 15) is 4.79 Å². The molecule has 0 bridgehead atoms. The van der Waals surface area contributed by atoms with E-state index in [1.54, 1.807) is 25.2 Å². The van der Waals surface area contributed by atoms with E-state index >= 15 is 0 Å². The van der Waals surface area contributed by atoms with Crippen molar-refractivity contribution in [1.29, 1.82) is 0 Å². The van der Waals surface area contributed by atoms with Crippen LogP contribution in [0.4, 0.5) is 17.5 Å². The summed E-state index contributed by atoms with van der Waals surface area (Å²) < 4.78 is 1.84. The van der Waals surface area contributed by atoms with Crippen LogP contribution in [0, 0.1) is 0 Å². The normalized spacial score (nSPS) is 18.7. The highest BCUT2D eigenvalue weighted by Crippen LogP contribution is 2.32. The minimum absolute atomic E-state index is 0.0250. The highest BCUT2D eigenvalue weighted by Gasteiger charge is 2.31. The lowest BCUT2D eigenvalue weighted by atomic mass is 10.1. The second-order valence-corrected chi connectivity index (χ2v) is 9.93. The lowest BCUT2D eigenvalue weighted by Gasteiger charge is -2.36. The summed E-state index contributed by atoms with van der Waals surface area (Å²) in [6, 6.07) is 6.81. The first-order valence-corrected chi connectivity index (χ1v) is 12.6. The molecule has 0 atom stereocenters. The van der Waals surface area contributed by atoms with Gasteiger partial charge in [0.15, 0.2) is 0 Å². The maximum absolute atomic E-state index is 12.9. The van der Waals surface area contributed by atoms with Crippen LogP contribution in [0.15, 0.2) is 36.7 Å². The molecule has 2 aliphatic carbocycles. The smallest absolute Gasteiger partial charge is 0.255 e. The number of hydrogen-bond donors (Lipinski definition) is 1. The summed E-state index contributed by atoms with van der Waals surface area (Å²) >= 11 is 0. The fraction of sp³-hybridized carbons (Fsp3) is 0.462. The summed E-state index contributed by atoms with van der Waals surface area (Å²) in [4.78, 5) is 28.6. The van der Waals surface area contributed by atoms with Crippen LogP contribution < -0.4 is 10.2 Å². The van der Waals surface area contributed by atoms with Crippen LogP contribution in [0.25, 0.3) is 11.1 Å². The third-order valence-corrected chi connectivity index (χ3v) is 7.23. The van der Waals surface area contributed by atoms with Crippen LogP contribution in [0.5, 0.6) is 0 Å². The fourth-order valence-corrected chi connectivity index (χ4v) is 5.17. The van der Waals surface area contributed by atoms with E-state index in [1.165, 1.54) is 18.4 Å². The Bertz CT molecular complexity index is 1270. The monoisotopic (exact) mass is 472 g/mol. The van der Waals surface area contributed by atoms with Gasteiger partial charge in [-0.15, -0.1) is 5.10 Å². The predicted molar refractivity (Wildman–Crippen MR) is 137 cm³/mol. The highest BCUT2D eigenvalue weighted by molar-refractivity contribution is 6.00. The van der Waals surface area contributed by atoms with Crippen molar-refractivity contribution in [2.24, 2.45) is 0 Å². The van der Waals surface area contributed by atoms with E-state index < -0.39 is 0 Å². The molecule has 1 saturated carbocycles. The summed E-state index contributed by atoms with van der Waals surface area (Å²) in [5, 5.41) is 7.99. The minimum atomic E-state index is -0.0250. The Balaban J connectivity index is 1.22. The zero-order valence-corrected chi connectivity index (χ0v) is 20.4. The number of hydrogen-bond acceptors (Lipinski definition) is 7. The van der Waals surface area contributed by atoms with Crippen LogP contribution in [0.3, 0.4) is 0 Å². The average Bonchev–Trinajstić information content (AvgIpc) is 3.46. The van der Waals surface area contributed by atoms with Gasteiger partial charge in [-0.1, -0.05) is 6.08 Å². The number of carbonyl (C=O) groups excluding carboxylic acids is 1. The number of piperazine rings is 1. The van der Waals surface area contributed by atoms with E-state index in [0.717, 1.165) is 68.4 Å². The number of allylic oxidation sites excluding steroid dienone is 2. The molecule has 1 N–H and O–H groups in total. The number of pyridine rings is 1. The van der Waals surface area contributed by atoms with Crippen LogP contribution in [-0.4, -0.2) is 81.6 Å². The van der Waals surface area contributed by atoms with Gasteiger partial charge in [-0.25, -0.2) is 14.5 Å². The fourth-order valence-electron chi connectivity index (χ4n) is 5.17. The predicted octanol–water partition coefficient (Wildman–Crippen LogP) is 3.42. The van der Waals surface area contributed by atoms with E-state index in [4.69, 9.17) is 5.10 Å². The molecule has 1 aliphatic heterocycles. The van der Waals surface area contributed by atoms with Gasteiger partial charge in [-0.3, -0.25) is 9.69 Å². The quantitative estimate of drug-likeness (QED) is 0.589. The Labute approximate surface area is 205 Å². The molecule has 1 saturated heterocycles. The molecule has 9 heteroatoms. The van der Waals surface area contributed by atoms with Crippen molar-refractivity contribution < 1.29 is 4.79 Å². The molecule has 182 valence electrons. The van der Waals surface area contributed by atoms with Crippen LogP contribution in [0.1, 0.15) is 48.2 Å². The summed E-state index contributed by atoms with van der Waals surface area (Å²) in [6.07, 6.45) is 11.7. The molecule has 0 radical (unpaired) electrons. The van der Waals surface area contributed by atoms with E-state index in [2.05, 4.69) is 37.2 Å². The van der Waals surface area contributed by atoms with Gasteiger partial charge in [0.25, 0.3) is 5.91 Å². The second kappa shape index (κ2) is 8.96. The molecule has 35 heavy (non-hydrogen) atoms. The summed E-state index contributed by atoms with van der Waals surface area (Å²) in [5.74, 6) is 1.13. The van der Waals surface area contributed by atoms with Crippen molar-refractivity contribution in [2.75, 3.05) is 50.5 Å². The first kappa shape index (κ1) is 22.0. The van der Waals surface area contributed by atoms with Crippen molar-refractivity contribution in [3.8, 4) is 0 Å². The highest BCUT2D eigenvalue weighted by atomic mass is 16.2. The number of nitrogens with one attached hydrogen (secondary N) is 1. The van der Waals surface area contributed by atoms with E-state index in [0.29, 0.717) is 17.3 Å². The topological polar surface area (TPSA) is 81.9 Å². The number of aromatic nitrogens is 4. The van der Waals surface area contributed by atoms with Crippen molar-refractivity contribution in [3.63, 3.8) is 0 Å². The minimum Gasteiger partial charge on any atom is -0.368 e. The van der Waals surface area contributed by atoms with Gasteiger partial charge in [0.1, 0.15) is 5.82 Å². The van der Waals surface area contributed by atoms with E-state index in [1.807, 2.05) is 22.8 Å². The van der Waals surface area contributed by atoms with Gasteiger partial charge in [0.05, 0.1) is 34.9 Å². The second-order valence-electron chi connectivity index (χ2n) is 9.93. The molecule has 3 aromatic heterocycles. The number of amides is 1. The Morgan fingerprint density at radius 3 is 2.57 bits per heavy atom. The van der Waals surface area contributed by atoms with E-state index in [-0.39, 0.29) is 5.91 Å². The zero-order chi connectivity index (χ0) is 23.9. The number of carbonyl (C=O) groups is 1. The van der Waals surface area contributed by atoms with Gasteiger partial charge >= 0.3 is 0 Å². The molecule has 2 fully saturated rings.